The summed E-state index contributed by atoms with van der Waals surface area (Å²) < 4.78 is 0. The molecule has 0 fully saturated rings. The summed E-state index contributed by atoms with van der Waals surface area (Å²) in [6, 6.07) is 0. The molecule has 1 aliphatic rings. The molecule has 0 spiro atoms. The van der Waals surface area contributed by atoms with Gasteiger partial charge in [-0.2, -0.15) is 5.57 Å². The Labute approximate surface area is 106 Å². The first-order chi connectivity index (χ1) is 5.79. The summed E-state index contributed by atoms with van der Waals surface area (Å²) in [5, 5.41) is 0. The summed E-state index contributed by atoms with van der Waals surface area (Å²) in [6.07, 6.45) is 9.15. The third-order valence-corrected chi connectivity index (χ3v) is 2.38. The molecule has 1 aliphatic carbocycles. The summed E-state index contributed by atoms with van der Waals surface area (Å²) in [6.45, 7) is 11.3. The van der Waals surface area contributed by atoms with Crippen LogP contribution < -0.4 is 0 Å². The fourth-order valence-electron chi connectivity index (χ4n) is 1.61. The van der Waals surface area contributed by atoms with Gasteiger partial charge in [-0.05, 0) is 6.42 Å². The van der Waals surface area contributed by atoms with Crippen LogP contribution in [0.2, 0.25) is 0 Å². The molecule has 0 saturated heterocycles. The summed E-state index contributed by atoms with van der Waals surface area (Å²) >= 11 is 0. The average molecular weight is 248 g/mol. The molecule has 0 unspecified atom stereocenters. The Morgan fingerprint density at radius 2 is 2.08 bits per heavy atom. The molecule has 0 saturated carbocycles. The predicted octanol–water partition coefficient (Wildman–Crippen LogP) is 3.59. The Bertz CT molecular complexity index is 256. The monoisotopic (exact) mass is 248 g/mol. The molecule has 1 heteroatoms. The van der Waals surface area contributed by atoms with Crippen molar-refractivity contribution in [1.29, 1.82) is 0 Å². The van der Waals surface area contributed by atoms with E-state index in [4.69, 9.17) is 6.58 Å². The Morgan fingerprint density at radius 1 is 1.38 bits per heavy atom. The third kappa shape index (κ3) is 3.36. The molecule has 67 valence electrons. The van der Waals surface area contributed by atoms with Crippen LogP contribution in [0.15, 0.2) is 41.5 Å². The van der Waals surface area contributed by atoms with Crippen molar-refractivity contribution in [3.8, 4) is 0 Å². The van der Waals surface area contributed by atoms with Crippen LogP contribution in [0.3, 0.4) is 0 Å². The van der Waals surface area contributed by atoms with E-state index in [1.54, 1.807) is 6.08 Å². The largest absolute Gasteiger partial charge is 0.293 e. The van der Waals surface area contributed by atoms with Crippen molar-refractivity contribution in [3.63, 3.8) is 0 Å². The van der Waals surface area contributed by atoms with Gasteiger partial charge >= 0.3 is 0 Å². The maximum atomic E-state index is 5.52. The van der Waals surface area contributed by atoms with Gasteiger partial charge in [0.05, 0.1) is 0 Å². The smallest absolute Gasteiger partial charge is 0 e. The minimum Gasteiger partial charge on any atom is -0.293 e. The Balaban J connectivity index is 0.00000144. The molecule has 0 aromatic heterocycles. The molecule has 0 atom stereocenters. The predicted molar refractivity (Wildman–Crippen MR) is 53.7 cm³/mol. The van der Waals surface area contributed by atoms with Gasteiger partial charge in [0, 0.05) is 32.7 Å². The van der Waals surface area contributed by atoms with E-state index in [0.717, 1.165) is 12.8 Å². The fourth-order valence-corrected chi connectivity index (χ4v) is 1.61. The van der Waals surface area contributed by atoms with Crippen molar-refractivity contribution < 1.29 is 32.7 Å². The van der Waals surface area contributed by atoms with Crippen molar-refractivity contribution in [3.05, 3.63) is 48.1 Å². The maximum absolute atomic E-state index is 5.52. The summed E-state index contributed by atoms with van der Waals surface area (Å²) in [7, 11) is 0. The van der Waals surface area contributed by atoms with Gasteiger partial charge < -0.3 is 0 Å². The van der Waals surface area contributed by atoms with Crippen LogP contribution in [0, 0.1) is 6.58 Å². The molecule has 0 aliphatic heterocycles. The van der Waals surface area contributed by atoms with E-state index in [1.807, 2.05) is 6.08 Å². The molecule has 0 amide bonds. The van der Waals surface area contributed by atoms with Gasteiger partial charge in [0.15, 0.2) is 0 Å². The van der Waals surface area contributed by atoms with Crippen LogP contribution in [0.1, 0.15) is 26.2 Å². The zero-order chi connectivity index (χ0) is 8.97. The second kappa shape index (κ2) is 6.51. The first-order valence-corrected chi connectivity index (χ1v) is 4.36. The Morgan fingerprint density at radius 3 is 2.62 bits per heavy atom. The van der Waals surface area contributed by atoms with E-state index >= 15 is 0 Å². The molecule has 13 heavy (non-hydrogen) atoms. The van der Waals surface area contributed by atoms with Crippen LogP contribution in [0.4, 0.5) is 0 Å². The minimum atomic E-state index is 0. The van der Waals surface area contributed by atoms with Crippen molar-refractivity contribution in [2.75, 3.05) is 0 Å². The van der Waals surface area contributed by atoms with Crippen molar-refractivity contribution in [2.45, 2.75) is 26.2 Å². The van der Waals surface area contributed by atoms with Gasteiger partial charge in [0.2, 0.25) is 0 Å². The molecule has 0 nitrogen and oxygen atoms in total. The van der Waals surface area contributed by atoms with E-state index in [-0.39, 0.29) is 32.7 Å². The molecule has 0 bridgehead atoms. The minimum absolute atomic E-state index is 0. The van der Waals surface area contributed by atoms with Gasteiger partial charge in [-0.15, -0.1) is 5.57 Å². The van der Waals surface area contributed by atoms with Crippen molar-refractivity contribution in [2.24, 2.45) is 0 Å². The Kier molecular flexibility index (Phi) is 6.54. The molecule has 0 heterocycles. The SMILES string of the molecule is [CH-]=CC1=C(C)/C(=C/C=C)CCC1.[Y]. The molecular weight excluding hydrogens is 233 g/mol. The van der Waals surface area contributed by atoms with Crippen LogP contribution in [-0.4, -0.2) is 0 Å². The average Bonchev–Trinajstić information content (AvgIpc) is 2.09. The second-order valence-electron chi connectivity index (χ2n) is 3.10. The van der Waals surface area contributed by atoms with Crippen molar-refractivity contribution in [1.82, 2.24) is 0 Å². The van der Waals surface area contributed by atoms with Gasteiger partial charge in [-0.3, -0.25) is 6.58 Å². The molecule has 1 radical (unpaired) electrons. The van der Waals surface area contributed by atoms with Gasteiger partial charge in [-0.1, -0.05) is 44.1 Å². The zero-order valence-corrected chi connectivity index (χ0v) is 11.1. The first kappa shape index (κ1) is 13.1. The maximum Gasteiger partial charge on any atom is 0 e. The number of rotatable bonds is 2. The number of hydrogen-bond donors (Lipinski definition) is 0. The van der Waals surface area contributed by atoms with Gasteiger partial charge in [-0.25, -0.2) is 6.08 Å². The zero-order valence-electron chi connectivity index (χ0n) is 8.22. The van der Waals surface area contributed by atoms with Crippen LogP contribution in [0.25, 0.3) is 0 Å². The van der Waals surface area contributed by atoms with Crippen LogP contribution in [0.5, 0.6) is 0 Å². The van der Waals surface area contributed by atoms with E-state index in [1.165, 1.54) is 23.1 Å². The van der Waals surface area contributed by atoms with Gasteiger partial charge in [0.25, 0.3) is 0 Å². The third-order valence-electron chi connectivity index (χ3n) is 2.38. The molecule has 1 rings (SSSR count). The molecular formula is C12H15Y-. The van der Waals surface area contributed by atoms with E-state index in [9.17, 15) is 0 Å². The number of allylic oxidation sites excluding steroid dienone is 6. The molecule has 0 aromatic carbocycles. The van der Waals surface area contributed by atoms with Gasteiger partial charge in [0.1, 0.15) is 0 Å². The normalized spacial score (nSPS) is 19.6. The first-order valence-electron chi connectivity index (χ1n) is 4.36. The van der Waals surface area contributed by atoms with Crippen LogP contribution >= 0.6 is 0 Å². The molecule has 0 aromatic rings. The summed E-state index contributed by atoms with van der Waals surface area (Å²) in [5.41, 5.74) is 4.01. The fraction of sp³-hybridized carbons (Fsp3) is 0.333. The quantitative estimate of drug-likeness (QED) is 0.655. The Hall–Kier alpha value is 0.0639. The van der Waals surface area contributed by atoms with E-state index in [2.05, 4.69) is 19.6 Å². The summed E-state index contributed by atoms with van der Waals surface area (Å²) in [5.74, 6) is 0. The van der Waals surface area contributed by atoms with Crippen molar-refractivity contribution >= 4 is 0 Å². The molecule has 0 N–H and O–H groups in total. The van der Waals surface area contributed by atoms with Crippen LogP contribution in [-0.2, 0) is 32.7 Å². The topological polar surface area (TPSA) is 0 Å². The number of hydrogen-bond acceptors (Lipinski definition) is 0. The standard InChI is InChI=1S/C12H15.Y/c1-4-7-12-9-6-8-11(5-2)10(12)3;/h2,4-5,7H,1,6,8-9H2,3H3;/q-1;/b12-7+;. The van der Waals surface area contributed by atoms with E-state index in [0.29, 0.717) is 0 Å². The summed E-state index contributed by atoms with van der Waals surface area (Å²) in [4.78, 5) is 0. The van der Waals surface area contributed by atoms with E-state index < -0.39 is 0 Å². The second-order valence-corrected chi connectivity index (χ2v) is 3.10.